The summed E-state index contributed by atoms with van der Waals surface area (Å²) in [6.07, 6.45) is 1.81. The van der Waals surface area contributed by atoms with Crippen molar-refractivity contribution in [1.29, 1.82) is 0 Å². The van der Waals surface area contributed by atoms with Crippen LogP contribution in [0.4, 0.5) is 0 Å². The maximum Gasteiger partial charge on any atom is 0.213 e. The third-order valence-electron chi connectivity index (χ3n) is 1.26. The van der Waals surface area contributed by atoms with Crippen molar-refractivity contribution in [2.24, 2.45) is 0 Å². The van der Waals surface area contributed by atoms with Crippen LogP contribution in [0.1, 0.15) is 5.56 Å². The van der Waals surface area contributed by atoms with Gasteiger partial charge in [0.2, 0.25) is 5.88 Å². The Morgan fingerprint density at radius 3 is 2.91 bits per heavy atom. The van der Waals surface area contributed by atoms with Crippen molar-refractivity contribution in [3.05, 3.63) is 21.4 Å². The lowest BCUT2D eigenvalue weighted by Gasteiger charge is -2.01. The van der Waals surface area contributed by atoms with Crippen LogP contribution in [0.15, 0.2) is 12.3 Å². The molecule has 60 valence electrons. The lowest BCUT2D eigenvalue weighted by Crippen LogP contribution is -1.91. The molecule has 0 unspecified atom stereocenters. The molecule has 0 aliphatic heterocycles. The average molecular weight is 328 g/mol. The fourth-order valence-electron chi connectivity index (χ4n) is 0.652. The number of hydrogen-bond donors (Lipinski definition) is 0. The van der Waals surface area contributed by atoms with Gasteiger partial charge in [-0.05, 0) is 28.2 Å². The Labute approximate surface area is 87.6 Å². The minimum Gasteiger partial charge on any atom is -0.481 e. The zero-order chi connectivity index (χ0) is 8.27. The molecule has 1 rings (SSSR count). The van der Waals surface area contributed by atoms with Gasteiger partial charge in [-0.2, -0.15) is 0 Å². The van der Waals surface area contributed by atoms with Crippen molar-refractivity contribution < 1.29 is 4.74 Å². The van der Waals surface area contributed by atoms with Crippen molar-refractivity contribution >= 4 is 38.5 Å². The number of pyridine rings is 1. The topological polar surface area (TPSA) is 22.1 Å². The Hall–Kier alpha value is 0.160. The summed E-state index contributed by atoms with van der Waals surface area (Å²) in [6, 6.07) is 1.91. The van der Waals surface area contributed by atoms with Crippen molar-refractivity contribution in [1.82, 2.24) is 4.98 Å². The maximum atomic E-state index is 4.96. The van der Waals surface area contributed by atoms with Gasteiger partial charge in [-0.1, -0.05) is 15.9 Å². The smallest absolute Gasteiger partial charge is 0.213 e. The first kappa shape index (κ1) is 9.25. The third-order valence-corrected chi connectivity index (χ3v) is 2.87. The van der Waals surface area contributed by atoms with Gasteiger partial charge < -0.3 is 4.74 Å². The second-order valence-corrected chi connectivity index (χ2v) is 3.67. The molecule has 0 radical (unpaired) electrons. The summed E-state index contributed by atoms with van der Waals surface area (Å²) in [5, 5.41) is 0.836. The van der Waals surface area contributed by atoms with E-state index in [-0.39, 0.29) is 0 Å². The van der Waals surface area contributed by atoms with Gasteiger partial charge in [0, 0.05) is 21.2 Å². The number of methoxy groups -OCH3 is 1. The third kappa shape index (κ3) is 2.30. The first-order chi connectivity index (χ1) is 5.27. The minimum atomic E-state index is 0.666. The highest BCUT2D eigenvalue weighted by atomic mass is 127. The van der Waals surface area contributed by atoms with Crippen LogP contribution in [0.2, 0.25) is 0 Å². The quantitative estimate of drug-likeness (QED) is 0.615. The Morgan fingerprint density at radius 2 is 2.45 bits per heavy atom. The lowest BCUT2D eigenvalue weighted by atomic mass is 10.3. The molecule has 0 bridgehead atoms. The second kappa shape index (κ2) is 4.25. The van der Waals surface area contributed by atoms with E-state index in [0.29, 0.717) is 5.88 Å². The highest BCUT2D eigenvalue weighted by Crippen LogP contribution is 2.18. The summed E-state index contributed by atoms with van der Waals surface area (Å²) in [5.41, 5.74) is 1.19. The SMILES string of the molecule is COc1cc(I)c(CBr)cn1. The number of alkyl halides is 1. The minimum absolute atomic E-state index is 0.666. The Balaban J connectivity index is 2.99. The summed E-state index contributed by atoms with van der Waals surface area (Å²) in [7, 11) is 1.62. The summed E-state index contributed by atoms with van der Waals surface area (Å²) in [4.78, 5) is 4.07. The number of halogens is 2. The largest absolute Gasteiger partial charge is 0.481 e. The molecular weight excluding hydrogens is 321 g/mol. The predicted molar refractivity (Wildman–Crippen MR) is 56.1 cm³/mol. The van der Waals surface area contributed by atoms with Crippen molar-refractivity contribution in [3.8, 4) is 5.88 Å². The van der Waals surface area contributed by atoms with Gasteiger partial charge >= 0.3 is 0 Å². The predicted octanol–water partition coefficient (Wildman–Crippen LogP) is 2.59. The van der Waals surface area contributed by atoms with E-state index in [1.807, 2.05) is 12.3 Å². The summed E-state index contributed by atoms with van der Waals surface area (Å²) < 4.78 is 6.14. The molecular formula is C7H7BrINO. The van der Waals surface area contributed by atoms with E-state index in [1.165, 1.54) is 9.13 Å². The maximum absolute atomic E-state index is 4.96. The van der Waals surface area contributed by atoms with E-state index in [2.05, 4.69) is 43.5 Å². The number of aromatic nitrogens is 1. The van der Waals surface area contributed by atoms with Crippen molar-refractivity contribution in [2.45, 2.75) is 5.33 Å². The molecule has 0 atom stereocenters. The number of ether oxygens (including phenoxy) is 1. The van der Waals surface area contributed by atoms with Crippen LogP contribution in [0.3, 0.4) is 0 Å². The lowest BCUT2D eigenvalue weighted by molar-refractivity contribution is 0.397. The molecule has 0 N–H and O–H groups in total. The van der Waals surface area contributed by atoms with Crippen LogP contribution in [-0.2, 0) is 5.33 Å². The average Bonchev–Trinajstić information content (AvgIpc) is 2.04. The summed E-state index contributed by atoms with van der Waals surface area (Å²) >= 11 is 5.63. The molecule has 0 aromatic carbocycles. The molecule has 0 aliphatic rings. The van der Waals surface area contributed by atoms with Gasteiger partial charge in [-0.25, -0.2) is 4.98 Å². The molecule has 11 heavy (non-hydrogen) atoms. The second-order valence-electron chi connectivity index (χ2n) is 1.95. The first-order valence-corrected chi connectivity index (χ1v) is 5.22. The molecule has 1 aromatic rings. The number of rotatable bonds is 2. The van der Waals surface area contributed by atoms with Gasteiger partial charge in [0.15, 0.2) is 0 Å². The molecule has 0 saturated carbocycles. The van der Waals surface area contributed by atoms with Gasteiger partial charge in [0.1, 0.15) is 0 Å². The number of nitrogens with zero attached hydrogens (tertiary/aromatic N) is 1. The fourth-order valence-corrected chi connectivity index (χ4v) is 2.22. The van der Waals surface area contributed by atoms with Crippen LogP contribution in [0.5, 0.6) is 5.88 Å². The Kier molecular flexibility index (Phi) is 3.58. The van der Waals surface area contributed by atoms with Crippen molar-refractivity contribution in [2.75, 3.05) is 7.11 Å². The van der Waals surface area contributed by atoms with Gasteiger partial charge in [-0.3, -0.25) is 0 Å². The molecule has 1 aromatic heterocycles. The molecule has 0 amide bonds. The van der Waals surface area contributed by atoms with Crippen molar-refractivity contribution in [3.63, 3.8) is 0 Å². The van der Waals surface area contributed by atoms with Gasteiger partial charge in [-0.15, -0.1) is 0 Å². The van der Waals surface area contributed by atoms with E-state index in [0.717, 1.165) is 5.33 Å². The fraction of sp³-hybridized carbons (Fsp3) is 0.286. The molecule has 0 aliphatic carbocycles. The van der Waals surface area contributed by atoms with Gasteiger partial charge in [0.05, 0.1) is 7.11 Å². The van der Waals surface area contributed by atoms with Crippen LogP contribution in [-0.4, -0.2) is 12.1 Å². The molecule has 0 saturated heterocycles. The molecule has 0 spiro atoms. The summed E-state index contributed by atoms with van der Waals surface area (Å²) in [6.45, 7) is 0. The van der Waals surface area contributed by atoms with E-state index in [4.69, 9.17) is 4.74 Å². The zero-order valence-corrected chi connectivity index (χ0v) is 9.72. The summed E-state index contributed by atoms with van der Waals surface area (Å²) in [5.74, 6) is 0.666. The number of hydrogen-bond acceptors (Lipinski definition) is 2. The molecule has 2 nitrogen and oxygen atoms in total. The Morgan fingerprint density at radius 1 is 1.73 bits per heavy atom. The van der Waals surface area contributed by atoms with Crippen LogP contribution in [0.25, 0.3) is 0 Å². The highest BCUT2D eigenvalue weighted by Gasteiger charge is 2.00. The van der Waals surface area contributed by atoms with Crippen LogP contribution < -0.4 is 4.74 Å². The zero-order valence-electron chi connectivity index (χ0n) is 5.97. The molecule has 1 heterocycles. The molecule has 0 fully saturated rings. The van der Waals surface area contributed by atoms with E-state index in [9.17, 15) is 0 Å². The molecule has 4 heteroatoms. The van der Waals surface area contributed by atoms with E-state index in [1.54, 1.807) is 7.11 Å². The van der Waals surface area contributed by atoms with E-state index < -0.39 is 0 Å². The highest BCUT2D eigenvalue weighted by molar-refractivity contribution is 14.1. The monoisotopic (exact) mass is 327 g/mol. The van der Waals surface area contributed by atoms with E-state index >= 15 is 0 Å². The van der Waals surface area contributed by atoms with Gasteiger partial charge in [0.25, 0.3) is 0 Å². The normalized spacial score (nSPS) is 9.73. The van der Waals surface area contributed by atoms with Crippen LogP contribution in [0, 0.1) is 3.57 Å². The standard InChI is InChI=1S/C7H7BrINO/c1-11-7-2-6(9)5(3-8)4-10-7/h2,4H,3H2,1H3. The Bertz CT molecular complexity index is 254. The van der Waals surface area contributed by atoms with Crippen LogP contribution >= 0.6 is 38.5 Å². The first-order valence-electron chi connectivity index (χ1n) is 3.02.